The number of amides is 1. The second-order valence-electron chi connectivity index (χ2n) is 5.42. The number of aromatic nitrogens is 1. The van der Waals surface area contributed by atoms with Gasteiger partial charge in [0.1, 0.15) is 5.69 Å². The van der Waals surface area contributed by atoms with E-state index in [-0.39, 0.29) is 5.91 Å². The van der Waals surface area contributed by atoms with Crippen molar-refractivity contribution >= 4 is 33.5 Å². The van der Waals surface area contributed by atoms with Crippen LogP contribution >= 0.6 is 15.9 Å². The van der Waals surface area contributed by atoms with Gasteiger partial charge in [0.2, 0.25) is 0 Å². The van der Waals surface area contributed by atoms with Gasteiger partial charge in [0.25, 0.3) is 5.91 Å². The molecule has 2 rings (SSSR count). The maximum atomic E-state index is 12.3. The minimum absolute atomic E-state index is 0.177. The number of aliphatic carboxylic acids is 1. The van der Waals surface area contributed by atoms with E-state index in [2.05, 4.69) is 21.2 Å². The van der Waals surface area contributed by atoms with Crippen molar-refractivity contribution in [2.75, 3.05) is 5.32 Å². The number of nitrogens with zero attached hydrogens (tertiary/aromatic N) is 1. The molecule has 0 aliphatic carbocycles. The third-order valence-corrected chi connectivity index (χ3v) is 4.05. The molecule has 1 aromatic carbocycles. The van der Waals surface area contributed by atoms with Crippen molar-refractivity contribution in [2.45, 2.75) is 26.8 Å². The van der Waals surface area contributed by atoms with Gasteiger partial charge in [0.15, 0.2) is 0 Å². The molecule has 1 amide bonds. The summed E-state index contributed by atoms with van der Waals surface area (Å²) in [4.78, 5) is 23.2. The van der Waals surface area contributed by atoms with Gasteiger partial charge in [0, 0.05) is 22.9 Å². The number of benzene rings is 1. The highest BCUT2D eigenvalue weighted by atomic mass is 79.9. The van der Waals surface area contributed by atoms with Crippen LogP contribution < -0.4 is 5.32 Å². The maximum Gasteiger partial charge on any atom is 0.306 e. The molecule has 0 saturated carbocycles. The van der Waals surface area contributed by atoms with Crippen molar-refractivity contribution in [3.8, 4) is 0 Å². The van der Waals surface area contributed by atoms with E-state index in [0.29, 0.717) is 24.3 Å². The van der Waals surface area contributed by atoms with Crippen molar-refractivity contribution in [1.82, 2.24) is 4.57 Å². The van der Waals surface area contributed by atoms with Crippen LogP contribution in [0.4, 0.5) is 5.69 Å². The molecule has 122 valence electrons. The lowest BCUT2D eigenvalue weighted by atomic mass is 10.0. The minimum Gasteiger partial charge on any atom is -0.481 e. The smallest absolute Gasteiger partial charge is 0.306 e. The molecule has 1 heterocycles. The Morgan fingerprint density at radius 1 is 1.30 bits per heavy atom. The molecule has 0 radical (unpaired) electrons. The Balaban J connectivity index is 2.05. The van der Waals surface area contributed by atoms with Crippen molar-refractivity contribution in [3.05, 3.63) is 52.3 Å². The summed E-state index contributed by atoms with van der Waals surface area (Å²) >= 11 is 3.37. The molecular weight excluding hydrogens is 360 g/mol. The Morgan fingerprint density at radius 2 is 1.96 bits per heavy atom. The zero-order valence-corrected chi connectivity index (χ0v) is 14.6. The normalized spacial score (nSPS) is 12.0. The van der Waals surface area contributed by atoms with Crippen LogP contribution in [0.15, 0.2) is 41.0 Å². The van der Waals surface area contributed by atoms with Crippen molar-refractivity contribution < 1.29 is 14.7 Å². The molecule has 0 aliphatic heterocycles. The molecule has 0 fully saturated rings. The van der Waals surface area contributed by atoms with Crippen molar-refractivity contribution in [3.63, 3.8) is 0 Å². The monoisotopic (exact) mass is 378 g/mol. The fourth-order valence-corrected chi connectivity index (χ4v) is 2.75. The lowest BCUT2D eigenvalue weighted by Crippen LogP contribution is -2.16. The third-order valence-electron chi connectivity index (χ3n) is 3.61. The van der Waals surface area contributed by atoms with Crippen molar-refractivity contribution in [2.24, 2.45) is 5.92 Å². The van der Waals surface area contributed by atoms with Crippen LogP contribution in [0.5, 0.6) is 0 Å². The lowest BCUT2D eigenvalue weighted by molar-refractivity contribution is -0.141. The van der Waals surface area contributed by atoms with Crippen LogP contribution in [0.1, 0.15) is 29.9 Å². The fraction of sp³-hybridized carbons (Fsp3) is 0.294. The molecule has 0 spiro atoms. The summed E-state index contributed by atoms with van der Waals surface area (Å²) in [5, 5.41) is 11.8. The number of carbonyl (C=O) groups is 2. The van der Waals surface area contributed by atoms with Gasteiger partial charge in [-0.05, 0) is 53.0 Å². The summed E-state index contributed by atoms with van der Waals surface area (Å²) in [7, 11) is 0. The second kappa shape index (κ2) is 7.46. The standard InChI is InChI=1S/C17H19BrN2O3/c1-3-20-10-13(18)9-15(20)16(21)19-14-6-4-12(5-7-14)8-11(2)17(22)23/h4-7,9-11H,3,8H2,1-2H3,(H,19,21)(H,22,23). The Labute approximate surface area is 143 Å². The predicted molar refractivity (Wildman–Crippen MR) is 92.7 cm³/mol. The van der Waals surface area contributed by atoms with E-state index in [9.17, 15) is 9.59 Å². The van der Waals surface area contributed by atoms with E-state index in [4.69, 9.17) is 5.11 Å². The number of carbonyl (C=O) groups excluding carboxylic acids is 1. The highest BCUT2D eigenvalue weighted by Gasteiger charge is 2.14. The Bertz CT molecular complexity index is 707. The molecule has 0 bridgehead atoms. The summed E-state index contributed by atoms with van der Waals surface area (Å²) in [6.07, 6.45) is 2.33. The van der Waals surface area contributed by atoms with Crippen LogP contribution in [-0.4, -0.2) is 21.6 Å². The second-order valence-corrected chi connectivity index (χ2v) is 6.34. The lowest BCUT2D eigenvalue weighted by Gasteiger charge is -2.09. The molecule has 2 aromatic rings. The first-order valence-electron chi connectivity index (χ1n) is 7.39. The number of carboxylic acids is 1. The zero-order valence-electron chi connectivity index (χ0n) is 13.0. The molecule has 23 heavy (non-hydrogen) atoms. The van der Waals surface area contributed by atoms with Crippen LogP contribution in [0.3, 0.4) is 0 Å². The third kappa shape index (κ3) is 4.45. The Morgan fingerprint density at radius 3 is 2.52 bits per heavy atom. The molecule has 6 heteroatoms. The summed E-state index contributed by atoms with van der Waals surface area (Å²) in [6, 6.07) is 9.03. The number of hydrogen-bond donors (Lipinski definition) is 2. The number of aryl methyl sites for hydroxylation is 1. The summed E-state index contributed by atoms with van der Waals surface area (Å²) in [5.74, 6) is -1.42. The number of hydrogen-bond acceptors (Lipinski definition) is 2. The van der Waals surface area contributed by atoms with Crippen LogP contribution in [0.2, 0.25) is 0 Å². The SMILES string of the molecule is CCn1cc(Br)cc1C(=O)Nc1ccc(CC(C)C(=O)O)cc1. The number of carboxylic acid groups (broad SMARTS) is 1. The molecule has 5 nitrogen and oxygen atoms in total. The van der Waals surface area contributed by atoms with Gasteiger partial charge in [-0.25, -0.2) is 0 Å². The molecule has 1 atom stereocenters. The van der Waals surface area contributed by atoms with E-state index in [1.165, 1.54) is 0 Å². The number of halogens is 1. The number of anilines is 1. The Hall–Kier alpha value is -2.08. The molecule has 1 unspecified atom stereocenters. The van der Waals surface area contributed by atoms with E-state index < -0.39 is 11.9 Å². The average molecular weight is 379 g/mol. The molecule has 1 aromatic heterocycles. The number of nitrogens with one attached hydrogen (secondary N) is 1. The number of rotatable bonds is 6. The molecule has 0 aliphatic rings. The largest absolute Gasteiger partial charge is 0.481 e. The summed E-state index contributed by atoms with van der Waals surface area (Å²) in [5.41, 5.74) is 2.20. The van der Waals surface area contributed by atoms with Gasteiger partial charge in [0.05, 0.1) is 5.92 Å². The van der Waals surface area contributed by atoms with Gasteiger partial charge in [-0.1, -0.05) is 19.1 Å². The van der Waals surface area contributed by atoms with Gasteiger partial charge in [-0.3, -0.25) is 9.59 Å². The summed E-state index contributed by atoms with van der Waals surface area (Å²) in [6.45, 7) is 4.36. The predicted octanol–water partition coefficient (Wildman–Crippen LogP) is 3.79. The highest BCUT2D eigenvalue weighted by molar-refractivity contribution is 9.10. The van der Waals surface area contributed by atoms with Gasteiger partial charge >= 0.3 is 5.97 Å². The maximum absolute atomic E-state index is 12.3. The van der Waals surface area contributed by atoms with E-state index in [1.807, 2.05) is 29.8 Å². The van der Waals surface area contributed by atoms with Crippen LogP contribution in [-0.2, 0) is 17.8 Å². The average Bonchev–Trinajstić information content (AvgIpc) is 2.90. The van der Waals surface area contributed by atoms with Crippen molar-refractivity contribution in [1.29, 1.82) is 0 Å². The van der Waals surface area contributed by atoms with Crippen LogP contribution in [0.25, 0.3) is 0 Å². The Kier molecular flexibility index (Phi) is 5.60. The van der Waals surface area contributed by atoms with Gasteiger partial charge in [-0.15, -0.1) is 0 Å². The first kappa shape index (κ1) is 17.3. The van der Waals surface area contributed by atoms with E-state index >= 15 is 0 Å². The summed E-state index contributed by atoms with van der Waals surface area (Å²) < 4.78 is 2.73. The topological polar surface area (TPSA) is 71.3 Å². The molecule has 0 saturated heterocycles. The van der Waals surface area contributed by atoms with Crippen LogP contribution in [0, 0.1) is 5.92 Å². The fourth-order valence-electron chi connectivity index (χ4n) is 2.29. The zero-order chi connectivity index (χ0) is 17.0. The van der Waals surface area contributed by atoms with Gasteiger partial charge < -0.3 is 15.0 Å². The van der Waals surface area contributed by atoms with Gasteiger partial charge in [-0.2, -0.15) is 0 Å². The first-order valence-corrected chi connectivity index (χ1v) is 8.18. The minimum atomic E-state index is -0.812. The van der Waals surface area contributed by atoms with E-state index in [0.717, 1.165) is 10.0 Å². The van der Waals surface area contributed by atoms with E-state index in [1.54, 1.807) is 25.1 Å². The highest BCUT2D eigenvalue weighted by Crippen LogP contribution is 2.18. The quantitative estimate of drug-likeness (QED) is 0.802. The molecular formula is C17H19BrN2O3. The molecule has 2 N–H and O–H groups in total. The first-order chi connectivity index (χ1) is 10.9.